The van der Waals surface area contributed by atoms with E-state index in [0.717, 1.165) is 17.9 Å². The smallest absolute Gasteiger partial charge is 0.186 e. The van der Waals surface area contributed by atoms with Crippen LogP contribution in [-0.4, -0.2) is 13.2 Å². The van der Waals surface area contributed by atoms with Crippen molar-refractivity contribution < 1.29 is 13.9 Å². The Balaban J connectivity index is 1.44. The second-order valence-corrected chi connectivity index (χ2v) is 8.24. The van der Waals surface area contributed by atoms with E-state index in [0.29, 0.717) is 30.6 Å². The van der Waals surface area contributed by atoms with Crippen LogP contribution in [0.5, 0.6) is 0 Å². The van der Waals surface area contributed by atoms with Crippen molar-refractivity contribution in [2.24, 2.45) is 17.8 Å². The van der Waals surface area contributed by atoms with Crippen molar-refractivity contribution in [3.63, 3.8) is 0 Å². The molecule has 0 aromatic heterocycles. The van der Waals surface area contributed by atoms with E-state index in [9.17, 15) is 4.39 Å². The highest BCUT2D eigenvalue weighted by Gasteiger charge is 2.33. The van der Waals surface area contributed by atoms with Crippen molar-refractivity contribution in [2.75, 3.05) is 13.2 Å². The SMILES string of the molecule is CCCCCC1CCC(C2COC(c3ccc(CC)cc3F)OC2)CC1. The van der Waals surface area contributed by atoms with E-state index >= 15 is 0 Å². The van der Waals surface area contributed by atoms with Gasteiger partial charge in [-0.25, -0.2) is 4.39 Å². The van der Waals surface area contributed by atoms with Crippen molar-refractivity contribution in [2.45, 2.75) is 77.9 Å². The minimum Gasteiger partial charge on any atom is -0.348 e. The van der Waals surface area contributed by atoms with Crippen LogP contribution >= 0.6 is 0 Å². The van der Waals surface area contributed by atoms with E-state index in [1.807, 2.05) is 19.1 Å². The average molecular weight is 363 g/mol. The van der Waals surface area contributed by atoms with Crippen LogP contribution in [0.15, 0.2) is 18.2 Å². The van der Waals surface area contributed by atoms with Gasteiger partial charge in [0.15, 0.2) is 6.29 Å². The van der Waals surface area contributed by atoms with Crippen molar-refractivity contribution in [1.29, 1.82) is 0 Å². The van der Waals surface area contributed by atoms with Gasteiger partial charge >= 0.3 is 0 Å². The third kappa shape index (κ3) is 5.07. The number of ether oxygens (including phenoxy) is 2. The van der Waals surface area contributed by atoms with Gasteiger partial charge in [0.2, 0.25) is 0 Å². The fourth-order valence-corrected chi connectivity index (χ4v) is 4.58. The lowest BCUT2D eigenvalue weighted by Crippen LogP contribution is -2.34. The standard InChI is InChI=1S/C23H35FO2/c1-3-5-6-7-18-8-11-19(12-9-18)20-15-25-23(26-16-20)21-13-10-17(4-2)14-22(21)24/h10,13-14,18-20,23H,3-9,11-12,15-16H2,1-2H3. The van der Waals surface area contributed by atoms with Crippen LogP contribution in [0.2, 0.25) is 0 Å². The van der Waals surface area contributed by atoms with E-state index in [2.05, 4.69) is 6.92 Å². The number of halogens is 1. The molecule has 3 rings (SSSR count). The molecule has 0 unspecified atom stereocenters. The Labute approximate surface area is 158 Å². The van der Waals surface area contributed by atoms with Gasteiger partial charge in [-0.05, 0) is 42.7 Å². The van der Waals surface area contributed by atoms with Gasteiger partial charge in [0.25, 0.3) is 0 Å². The van der Waals surface area contributed by atoms with Gasteiger partial charge in [-0.3, -0.25) is 0 Å². The highest BCUT2D eigenvalue weighted by Crippen LogP contribution is 2.39. The zero-order valence-electron chi connectivity index (χ0n) is 16.5. The molecule has 2 nitrogen and oxygen atoms in total. The summed E-state index contributed by atoms with van der Waals surface area (Å²) in [5.74, 6) is 1.91. The van der Waals surface area contributed by atoms with Crippen molar-refractivity contribution in [1.82, 2.24) is 0 Å². The predicted molar refractivity (Wildman–Crippen MR) is 104 cm³/mol. The normalized spacial score (nSPS) is 29.7. The van der Waals surface area contributed by atoms with E-state index in [4.69, 9.17) is 9.47 Å². The molecule has 1 aliphatic carbocycles. The summed E-state index contributed by atoms with van der Waals surface area (Å²) in [5, 5.41) is 0. The average Bonchev–Trinajstić information content (AvgIpc) is 2.69. The van der Waals surface area contributed by atoms with Crippen LogP contribution in [0.1, 0.15) is 82.6 Å². The summed E-state index contributed by atoms with van der Waals surface area (Å²) in [4.78, 5) is 0. The maximum atomic E-state index is 14.3. The number of unbranched alkanes of at least 4 members (excludes halogenated alkanes) is 2. The highest BCUT2D eigenvalue weighted by atomic mass is 19.1. The quantitative estimate of drug-likeness (QED) is 0.520. The second-order valence-electron chi connectivity index (χ2n) is 8.24. The third-order valence-corrected chi connectivity index (χ3v) is 6.42. The highest BCUT2D eigenvalue weighted by molar-refractivity contribution is 5.25. The lowest BCUT2D eigenvalue weighted by atomic mass is 9.74. The molecule has 0 spiro atoms. The molecule has 0 radical (unpaired) electrons. The van der Waals surface area contributed by atoms with Gasteiger partial charge in [0.1, 0.15) is 5.82 Å². The van der Waals surface area contributed by atoms with E-state index < -0.39 is 6.29 Å². The maximum absolute atomic E-state index is 14.3. The first-order valence-electron chi connectivity index (χ1n) is 10.7. The molecule has 1 aromatic rings. The largest absolute Gasteiger partial charge is 0.348 e. The summed E-state index contributed by atoms with van der Waals surface area (Å²) in [6.45, 7) is 5.71. The number of benzene rings is 1. The van der Waals surface area contributed by atoms with Crippen LogP contribution in [-0.2, 0) is 15.9 Å². The Hall–Kier alpha value is -0.930. The Bertz CT molecular complexity index is 543. The molecule has 146 valence electrons. The predicted octanol–water partition coefficient (Wildman–Crippen LogP) is 6.44. The van der Waals surface area contributed by atoms with E-state index in [1.54, 1.807) is 6.07 Å². The first kappa shape index (κ1) is 19.8. The molecule has 0 amide bonds. The first-order chi connectivity index (χ1) is 12.7. The van der Waals surface area contributed by atoms with Gasteiger partial charge in [-0.2, -0.15) is 0 Å². The molecule has 0 bridgehead atoms. The van der Waals surface area contributed by atoms with Crippen LogP contribution < -0.4 is 0 Å². The molecular formula is C23H35FO2. The molecule has 0 N–H and O–H groups in total. The van der Waals surface area contributed by atoms with Crippen molar-refractivity contribution >= 4 is 0 Å². The Kier molecular flexibility index (Phi) is 7.51. The lowest BCUT2D eigenvalue weighted by molar-refractivity contribution is -0.215. The molecular weight excluding hydrogens is 327 g/mol. The maximum Gasteiger partial charge on any atom is 0.186 e. The number of aryl methyl sites for hydroxylation is 1. The summed E-state index contributed by atoms with van der Waals surface area (Å²) in [6.07, 6.45) is 11.1. The van der Waals surface area contributed by atoms with Gasteiger partial charge in [0, 0.05) is 11.5 Å². The topological polar surface area (TPSA) is 18.5 Å². The summed E-state index contributed by atoms with van der Waals surface area (Å²) < 4.78 is 26.1. The van der Waals surface area contributed by atoms with E-state index in [-0.39, 0.29) is 5.82 Å². The van der Waals surface area contributed by atoms with Crippen LogP contribution in [0.3, 0.4) is 0 Å². The fourth-order valence-electron chi connectivity index (χ4n) is 4.58. The van der Waals surface area contributed by atoms with E-state index in [1.165, 1.54) is 51.4 Å². The van der Waals surface area contributed by atoms with Crippen LogP contribution in [0.25, 0.3) is 0 Å². The summed E-state index contributed by atoms with van der Waals surface area (Å²) in [5.41, 5.74) is 1.55. The molecule has 1 aromatic carbocycles. The number of hydrogen-bond donors (Lipinski definition) is 0. The monoisotopic (exact) mass is 362 g/mol. The zero-order chi connectivity index (χ0) is 18.4. The Morgan fingerprint density at radius 2 is 1.69 bits per heavy atom. The zero-order valence-corrected chi connectivity index (χ0v) is 16.5. The van der Waals surface area contributed by atoms with Crippen LogP contribution in [0.4, 0.5) is 4.39 Å². The van der Waals surface area contributed by atoms with Crippen LogP contribution in [0, 0.1) is 23.6 Å². The number of rotatable bonds is 7. The molecule has 1 saturated carbocycles. The Morgan fingerprint density at radius 3 is 2.31 bits per heavy atom. The summed E-state index contributed by atoms with van der Waals surface area (Å²) in [7, 11) is 0. The molecule has 2 aliphatic rings. The first-order valence-corrected chi connectivity index (χ1v) is 10.7. The van der Waals surface area contributed by atoms with Gasteiger partial charge in [-0.1, -0.05) is 64.5 Å². The van der Waals surface area contributed by atoms with Gasteiger partial charge in [-0.15, -0.1) is 0 Å². The molecule has 1 aliphatic heterocycles. The summed E-state index contributed by atoms with van der Waals surface area (Å²) in [6, 6.07) is 5.39. The van der Waals surface area contributed by atoms with Crippen molar-refractivity contribution in [3.05, 3.63) is 35.1 Å². The molecule has 3 heteroatoms. The molecule has 2 fully saturated rings. The summed E-state index contributed by atoms with van der Waals surface area (Å²) >= 11 is 0. The molecule has 0 atom stereocenters. The molecule has 26 heavy (non-hydrogen) atoms. The van der Waals surface area contributed by atoms with Gasteiger partial charge in [0.05, 0.1) is 13.2 Å². The second kappa shape index (κ2) is 9.85. The fraction of sp³-hybridized carbons (Fsp3) is 0.739. The third-order valence-electron chi connectivity index (χ3n) is 6.42. The number of hydrogen-bond acceptors (Lipinski definition) is 2. The molecule has 1 heterocycles. The Morgan fingerprint density at radius 1 is 0.962 bits per heavy atom. The van der Waals surface area contributed by atoms with Crippen molar-refractivity contribution in [3.8, 4) is 0 Å². The molecule has 1 saturated heterocycles. The minimum atomic E-state index is -0.539. The minimum absolute atomic E-state index is 0.208. The lowest BCUT2D eigenvalue weighted by Gasteiger charge is -2.38. The van der Waals surface area contributed by atoms with Gasteiger partial charge < -0.3 is 9.47 Å².